The summed E-state index contributed by atoms with van der Waals surface area (Å²) in [7, 11) is 0. The van der Waals surface area contributed by atoms with E-state index in [0.717, 1.165) is 27.6 Å². The molecule has 5 rings (SSSR count). The number of ether oxygens (including phenoxy) is 2. The average molecular weight is 504 g/mol. The Morgan fingerprint density at radius 3 is 2.53 bits per heavy atom. The Morgan fingerprint density at radius 1 is 1.03 bits per heavy atom. The minimum absolute atomic E-state index is 0.00958. The molecule has 0 fully saturated rings. The third kappa shape index (κ3) is 5.65. The van der Waals surface area contributed by atoms with E-state index in [0.29, 0.717) is 13.0 Å². The average Bonchev–Trinajstić information content (AvgIpc) is 3.36. The van der Waals surface area contributed by atoms with Crippen LogP contribution in [0.25, 0.3) is 10.1 Å². The Kier molecular flexibility index (Phi) is 7.41. The number of carbonyl (C=O) groups excluding carboxylic acids is 1. The highest BCUT2D eigenvalue weighted by Crippen LogP contribution is 2.38. The highest BCUT2D eigenvalue weighted by Gasteiger charge is 2.30. The smallest absolute Gasteiger partial charge is 0.286 e. The predicted molar refractivity (Wildman–Crippen MR) is 138 cm³/mol. The van der Waals surface area contributed by atoms with Gasteiger partial charge in [-0.15, -0.1) is 11.3 Å². The van der Waals surface area contributed by atoms with E-state index in [2.05, 4.69) is 22.8 Å². The Morgan fingerprint density at radius 2 is 1.75 bits per heavy atom. The van der Waals surface area contributed by atoms with Crippen molar-refractivity contribution in [3.05, 3.63) is 118 Å². The summed E-state index contributed by atoms with van der Waals surface area (Å²) >= 11 is 1.68. The van der Waals surface area contributed by atoms with Gasteiger partial charge >= 0.3 is 0 Å². The third-order valence-corrected chi connectivity index (χ3v) is 7.18. The van der Waals surface area contributed by atoms with E-state index in [9.17, 15) is 14.3 Å². The number of fused-ring (bicyclic) bond motifs is 1. The minimum Gasteiger partial charge on any atom is -0.459 e. The van der Waals surface area contributed by atoms with Crippen molar-refractivity contribution in [2.75, 3.05) is 0 Å². The highest BCUT2D eigenvalue weighted by molar-refractivity contribution is 7.17. The predicted octanol–water partition coefficient (Wildman–Crippen LogP) is 5.78. The van der Waals surface area contributed by atoms with Gasteiger partial charge in [0.1, 0.15) is 5.82 Å². The Bertz CT molecular complexity index is 1360. The summed E-state index contributed by atoms with van der Waals surface area (Å²) in [5, 5.41) is 15.4. The zero-order valence-corrected chi connectivity index (χ0v) is 20.3. The van der Waals surface area contributed by atoms with Crippen LogP contribution in [0.15, 0.2) is 90.0 Å². The maximum Gasteiger partial charge on any atom is 0.286 e. The molecule has 0 saturated carbocycles. The van der Waals surface area contributed by atoms with Crippen molar-refractivity contribution < 1.29 is 23.8 Å². The van der Waals surface area contributed by atoms with Gasteiger partial charge in [-0.3, -0.25) is 4.79 Å². The first-order valence-electron chi connectivity index (χ1n) is 11.8. The SMILES string of the molecule is O=C(NCc1ccc(F)cc1)C1=C[C@@H](c2csc3ccccc23)C[C@@H](OCc2ccc(CO)cc2)O1. The molecular formula is C29H26FNO4S. The number of hydrogen-bond acceptors (Lipinski definition) is 5. The van der Waals surface area contributed by atoms with Crippen molar-refractivity contribution in [3.63, 3.8) is 0 Å². The number of allylic oxidation sites excluding steroid dienone is 1. The van der Waals surface area contributed by atoms with E-state index in [1.54, 1.807) is 23.5 Å². The van der Waals surface area contributed by atoms with E-state index >= 15 is 0 Å². The molecule has 2 atom stereocenters. The first-order valence-corrected chi connectivity index (χ1v) is 12.6. The van der Waals surface area contributed by atoms with E-state index < -0.39 is 6.29 Å². The number of thiophene rings is 1. The molecule has 2 N–H and O–H groups in total. The van der Waals surface area contributed by atoms with Crippen LogP contribution in [0.5, 0.6) is 0 Å². The fraction of sp³-hybridized carbons (Fsp3) is 0.207. The van der Waals surface area contributed by atoms with Crippen molar-refractivity contribution in [3.8, 4) is 0 Å². The molecule has 0 saturated heterocycles. The van der Waals surface area contributed by atoms with Gasteiger partial charge in [0, 0.05) is 23.6 Å². The number of benzene rings is 3. The number of halogens is 1. The third-order valence-electron chi connectivity index (χ3n) is 6.20. The van der Waals surface area contributed by atoms with Gasteiger partial charge in [-0.2, -0.15) is 0 Å². The Hall–Kier alpha value is -3.52. The topological polar surface area (TPSA) is 67.8 Å². The molecule has 7 heteroatoms. The lowest BCUT2D eigenvalue weighted by atomic mass is 9.92. The molecule has 2 heterocycles. The number of nitrogens with one attached hydrogen (secondary N) is 1. The molecule has 0 unspecified atom stereocenters. The molecule has 0 bridgehead atoms. The van der Waals surface area contributed by atoms with Crippen molar-refractivity contribution in [1.82, 2.24) is 5.32 Å². The monoisotopic (exact) mass is 503 g/mol. The molecule has 1 aliphatic heterocycles. The zero-order chi connectivity index (χ0) is 24.9. The highest BCUT2D eigenvalue weighted by atomic mass is 32.1. The van der Waals surface area contributed by atoms with Gasteiger partial charge in [0.05, 0.1) is 13.2 Å². The maximum absolute atomic E-state index is 13.2. The summed E-state index contributed by atoms with van der Waals surface area (Å²) in [6.07, 6.45) is 1.83. The van der Waals surface area contributed by atoms with Gasteiger partial charge in [0.2, 0.25) is 6.29 Å². The van der Waals surface area contributed by atoms with Crippen LogP contribution in [-0.2, 0) is 34.0 Å². The molecule has 5 nitrogen and oxygen atoms in total. The first kappa shape index (κ1) is 24.2. The van der Waals surface area contributed by atoms with Crippen LogP contribution in [0.3, 0.4) is 0 Å². The molecule has 0 aliphatic carbocycles. The van der Waals surface area contributed by atoms with Crippen molar-refractivity contribution in [2.45, 2.75) is 38.4 Å². The number of aliphatic hydroxyl groups is 1. The second kappa shape index (κ2) is 11.0. The summed E-state index contributed by atoms with van der Waals surface area (Å²) in [6.45, 7) is 0.566. The number of rotatable bonds is 8. The van der Waals surface area contributed by atoms with Crippen LogP contribution in [-0.4, -0.2) is 17.3 Å². The van der Waals surface area contributed by atoms with Crippen molar-refractivity contribution in [2.24, 2.45) is 0 Å². The van der Waals surface area contributed by atoms with Crippen molar-refractivity contribution >= 4 is 27.3 Å². The normalized spacial score (nSPS) is 17.4. The van der Waals surface area contributed by atoms with Crippen LogP contribution >= 0.6 is 11.3 Å². The van der Waals surface area contributed by atoms with Gasteiger partial charge in [-0.05, 0) is 57.3 Å². The van der Waals surface area contributed by atoms with Gasteiger partial charge in [-0.25, -0.2) is 4.39 Å². The zero-order valence-electron chi connectivity index (χ0n) is 19.5. The molecule has 1 amide bonds. The van der Waals surface area contributed by atoms with Gasteiger partial charge < -0.3 is 19.9 Å². The molecule has 184 valence electrons. The molecule has 36 heavy (non-hydrogen) atoms. The summed E-state index contributed by atoms with van der Waals surface area (Å²) in [6, 6.07) is 21.8. The minimum atomic E-state index is -0.609. The number of amides is 1. The standard InChI is InChI=1S/C29H26FNO4S/c30-23-11-9-19(10-12-23)15-31-29(33)26-13-22(25-18-36-27-4-2-1-3-24(25)27)14-28(35-26)34-17-21-7-5-20(16-32)6-8-21/h1-13,18,22,28,32H,14-17H2,(H,31,33)/t22-,28+/m1/s1. The Balaban J connectivity index is 1.34. The number of aliphatic hydroxyl groups excluding tert-OH is 1. The summed E-state index contributed by atoms with van der Waals surface area (Å²) in [5.74, 6) is -0.503. The van der Waals surface area contributed by atoms with E-state index in [4.69, 9.17) is 9.47 Å². The van der Waals surface area contributed by atoms with Crippen LogP contribution < -0.4 is 5.32 Å². The first-order chi connectivity index (χ1) is 17.6. The van der Waals surface area contributed by atoms with Crippen LogP contribution in [0.4, 0.5) is 4.39 Å². The molecular weight excluding hydrogens is 477 g/mol. The fourth-order valence-corrected chi connectivity index (χ4v) is 5.25. The van der Waals surface area contributed by atoms with Crippen LogP contribution in [0.1, 0.15) is 34.6 Å². The quantitative estimate of drug-likeness (QED) is 0.320. The fourth-order valence-electron chi connectivity index (χ4n) is 4.22. The van der Waals surface area contributed by atoms with Crippen molar-refractivity contribution in [1.29, 1.82) is 0 Å². The van der Waals surface area contributed by atoms with Crippen LogP contribution in [0.2, 0.25) is 0 Å². The Labute approximate surface area is 212 Å². The molecule has 0 radical (unpaired) electrons. The molecule has 1 aromatic heterocycles. The lowest BCUT2D eigenvalue weighted by Crippen LogP contribution is -2.32. The number of carbonyl (C=O) groups is 1. The second-order valence-electron chi connectivity index (χ2n) is 8.70. The van der Waals surface area contributed by atoms with Crippen LogP contribution in [0, 0.1) is 5.82 Å². The second-order valence-corrected chi connectivity index (χ2v) is 9.61. The number of hydrogen-bond donors (Lipinski definition) is 2. The van der Waals surface area contributed by atoms with Gasteiger partial charge in [0.15, 0.2) is 5.76 Å². The maximum atomic E-state index is 13.2. The molecule has 1 aliphatic rings. The summed E-state index contributed by atoms with van der Waals surface area (Å²) < 4.78 is 26.5. The summed E-state index contributed by atoms with van der Waals surface area (Å²) in [4.78, 5) is 13.1. The van der Waals surface area contributed by atoms with E-state index in [1.165, 1.54) is 16.8 Å². The molecule has 0 spiro atoms. The molecule has 3 aromatic carbocycles. The van der Waals surface area contributed by atoms with Gasteiger partial charge in [0.25, 0.3) is 5.91 Å². The lowest BCUT2D eigenvalue weighted by molar-refractivity contribution is -0.150. The summed E-state index contributed by atoms with van der Waals surface area (Å²) in [5.41, 5.74) is 3.72. The van der Waals surface area contributed by atoms with E-state index in [1.807, 2.05) is 42.5 Å². The van der Waals surface area contributed by atoms with E-state index in [-0.39, 0.29) is 36.6 Å². The molecule has 4 aromatic rings. The van der Waals surface area contributed by atoms with Gasteiger partial charge in [-0.1, -0.05) is 54.6 Å². The largest absolute Gasteiger partial charge is 0.459 e. The lowest BCUT2D eigenvalue weighted by Gasteiger charge is -2.29.